The van der Waals surface area contributed by atoms with Crippen LogP contribution in [-0.2, 0) is 0 Å². The van der Waals surface area contributed by atoms with Crippen molar-refractivity contribution >= 4 is 0 Å². The molecule has 0 saturated carbocycles. The monoisotopic (exact) mass is 137 g/mol. The van der Waals surface area contributed by atoms with E-state index in [9.17, 15) is 0 Å². The second-order valence-electron chi connectivity index (χ2n) is 3.65. The number of dihydropyridines is 1. The van der Waals surface area contributed by atoms with Crippen molar-refractivity contribution in [3.05, 3.63) is 24.0 Å². The van der Waals surface area contributed by atoms with Crippen molar-refractivity contribution in [1.82, 2.24) is 5.32 Å². The Bertz CT molecular complexity index is 170. The van der Waals surface area contributed by atoms with Gasteiger partial charge in [0.05, 0.1) is 0 Å². The van der Waals surface area contributed by atoms with Crippen molar-refractivity contribution in [3.8, 4) is 0 Å². The Balaban J connectivity index is 2.65. The van der Waals surface area contributed by atoms with Crippen LogP contribution in [0.4, 0.5) is 0 Å². The summed E-state index contributed by atoms with van der Waals surface area (Å²) in [6, 6.07) is 0. The summed E-state index contributed by atoms with van der Waals surface area (Å²) in [6.07, 6.45) is 7.44. The van der Waals surface area contributed by atoms with Crippen molar-refractivity contribution in [3.63, 3.8) is 0 Å². The van der Waals surface area contributed by atoms with Crippen LogP contribution in [0.25, 0.3) is 0 Å². The fraction of sp³-hybridized carbons (Fsp3) is 0.556. The van der Waals surface area contributed by atoms with Crippen molar-refractivity contribution in [2.45, 2.75) is 27.2 Å². The first-order valence-electron chi connectivity index (χ1n) is 3.73. The Kier molecular flexibility index (Phi) is 1.84. The van der Waals surface area contributed by atoms with Gasteiger partial charge >= 0.3 is 0 Å². The summed E-state index contributed by atoms with van der Waals surface area (Å²) in [5, 5.41) is 3.24. The van der Waals surface area contributed by atoms with E-state index in [2.05, 4.69) is 38.2 Å². The lowest BCUT2D eigenvalue weighted by Crippen LogP contribution is -2.21. The molecule has 1 heteroatoms. The second-order valence-corrected chi connectivity index (χ2v) is 3.65. The molecular weight excluding hydrogens is 122 g/mol. The lowest BCUT2D eigenvalue weighted by atomic mass is 9.90. The van der Waals surface area contributed by atoms with Crippen LogP contribution in [0, 0.1) is 5.41 Å². The van der Waals surface area contributed by atoms with E-state index in [1.165, 1.54) is 5.70 Å². The highest BCUT2D eigenvalue weighted by Gasteiger charge is 2.15. The molecule has 1 rings (SSSR count). The van der Waals surface area contributed by atoms with Gasteiger partial charge in [0, 0.05) is 11.1 Å². The highest BCUT2D eigenvalue weighted by Crippen LogP contribution is 2.24. The maximum atomic E-state index is 3.24. The maximum Gasteiger partial charge on any atom is 0.0163 e. The highest BCUT2D eigenvalue weighted by molar-refractivity contribution is 5.16. The normalized spacial score (nSPS) is 18.1. The average Bonchev–Trinajstić information content (AvgIpc) is 1.88. The van der Waals surface area contributed by atoms with Crippen LogP contribution in [0.3, 0.4) is 0 Å². The third kappa shape index (κ3) is 1.63. The topological polar surface area (TPSA) is 12.0 Å². The van der Waals surface area contributed by atoms with Crippen molar-refractivity contribution < 1.29 is 0 Å². The molecular formula is C9H15N. The van der Waals surface area contributed by atoms with Gasteiger partial charge in [0.15, 0.2) is 0 Å². The van der Waals surface area contributed by atoms with Crippen LogP contribution in [-0.4, -0.2) is 0 Å². The third-order valence-corrected chi connectivity index (χ3v) is 1.62. The highest BCUT2D eigenvalue weighted by atomic mass is 14.9. The van der Waals surface area contributed by atoms with E-state index in [4.69, 9.17) is 0 Å². The Hall–Kier alpha value is -0.720. The summed E-state index contributed by atoms with van der Waals surface area (Å²) in [4.78, 5) is 0. The molecule has 0 unspecified atom stereocenters. The molecule has 0 spiro atoms. The van der Waals surface area contributed by atoms with Crippen LogP contribution in [0.5, 0.6) is 0 Å². The van der Waals surface area contributed by atoms with E-state index in [1.54, 1.807) is 0 Å². The molecule has 1 N–H and O–H groups in total. The molecule has 0 bridgehead atoms. The molecule has 0 aromatic heterocycles. The Morgan fingerprint density at radius 1 is 1.40 bits per heavy atom. The molecule has 1 nitrogen and oxygen atoms in total. The summed E-state index contributed by atoms with van der Waals surface area (Å²) < 4.78 is 0. The molecule has 1 aliphatic heterocycles. The zero-order chi connectivity index (χ0) is 7.61. The fourth-order valence-corrected chi connectivity index (χ4v) is 0.984. The minimum Gasteiger partial charge on any atom is -0.365 e. The van der Waals surface area contributed by atoms with Gasteiger partial charge in [-0.05, 0) is 12.6 Å². The summed E-state index contributed by atoms with van der Waals surface area (Å²) in [7, 11) is 0. The third-order valence-electron chi connectivity index (χ3n) is 1.62. The van der Waals surface area contributed by atoms with Gasteiger partial charge in [-0.1, -0.05) is 32.9 Å². The smallest absolute Gasteiger partial charge is 0.0163 e. The van der Waals surface area contributed by atoms with Crippen molar-refractivity contribution in [2.24, 2.45) is 5.41 Å². The molecule has 0 aromatic carbocycles. The predicted molar refractivity (Wildman–Crippen MR) is 44.4 cm³/mol. The quantitative estimate of drug-likeness (QED) is 0.540. The van der Waals surface area contributed by atoms with Gasteiger partial charge in [-0.2, -0.15) is 0 Å². The van der Waals surface area contributed by atoms with Gasteiger partial charge in [0.2, 0.25) is 0 Å². The van der Waals surface area contributed by atoms with Crippen molar-refractivity contribution in [2.75, 3.05) is 0 Å². The molecule has 0 saturated heterocycles. The van der Waals surface area contributed by atoms with E-state index in [1.807, 2.05) is 6.20 Å². The molecule has 1 aliphatic rings. The van der Waals surface area contributed by atoms with Gasteiger partial charge in [-0.25, -0.2) is 0 Å². The minimum atomic E-state index is 0.269. The number of hydrogen-bond donors (Lipinski definition) is 1. The summed E-state index contributed by atoms with van der Waals surface area (Å²) in [6.45, 7) is 6.64. The minimum absolute atomic E-state index is 0.269. The molecule has 0 atom stereocenters. The van der Waals surface area contributed by atoms with Gasteiger partial charge in [0.1, 0.15) is 0 Å². The van der Waals surface area contributed by atoms with E-state index >= 15 is 0 Å². The van der Waals surface area contributed by atoms with Gasteiger partial charge in [0.25, 0.3) is 0 Å². The number of nitrogens with one attached hydrogen (secondary N) is 1. The first kappa shape index (κ1) is 7.39. The Labute approximate surface area is 62.8 Å². The molecule has 1 heterocycles. The predicted octanol–water partition coefficient (Wildman–Crippen LogP) is 2.42. The molecule has 0 fully saturated rings. The summed E-state index contributed by atoms with van der Waals surface area (Å²) in [5.41, 5.74) is 1.60. The summed E-state index contributed by atoms with van der Waals surface area (Å²) in [5.74, 6) is 0. The van der Waals surface area contributed by atoms with Crippen LogP contribution < -0.4 is 5.32 Å². The number of hydrogen-bond acceptors (Lipinski definition) is 1. The number of rotatable bonds is 0. The zero-order valence-corrected chi connectivity index (χ0v) is 6.94. The van der Waals surface area contributed by atoms with Crippen molar-refractivity contribution in [1.29, 1.82) is 0 Å². The Morgan fingerprint density at radius 2 is 2.10 bits per heavy atom. The molecule has 56 valence electrons. The van der Waals surface area contributed by atoms with Crippen LogP contribution in [0.1, 0.15) is 27.2 Å². The van der Waals surface area contributed by atoms with Gasteiger partial charge < -0.3 is 5.32 Å². The van der Waals surface area contributed by atoms with Crippen LogP contribution in [0.2, 0.25) is 0 Å². The van der Waals surface area contributed by atoms with Gasteiger partial charge in [-0.3, -0.25) is 0 Å². The van der Waals surface area contributed by atoms with Crippen LogP contribution >= 0.6 is 0 Å². The second kappa shape index (κ2) is 2.49. The van der Waals surface area contributed by atoms with E-state index in [-0.39, 0.29) is 5.41 Å². The molecule has 10 heavy (non-hydrogen) atoms. The first-order chi connectivity index (χ1) is 4.61. The molecule has 0 aliphatic carbocycles. The fourth-order valence-electron chi connectivity index (χ4n) is 0.984. The first-order valence-corrected chi connectivity index (χ1v) is 3.73. The van der Waals surface area contributed by atoms with E-state index in [0.717, 1.165) is 6.42 Å². The van der Waals surface area contributed by atoms with E-state index < -0.39 is 0 Å². The summed E-state index contributed by atoms with van der Waals surface area (Å²) >= 11 is 0. The molecule has 0 aromatic rings. The lowest BCUT2D eigenvalue weighted by Gasteiger charge is -2.24. The maximum absolute atomic E-state index is 3.24. The van der Waals surface area contributed by atoms with Crippen LogP contribution in [0.15, 0.2) is 24.0 Å². The van der Waals surface area contributed by atoms with Gasteiger partial charge in [-0.15, -0.1) is 0 Å². The average molecular weight is 137 g/mol. The SMILES string of the molecule is CC(C)(C)C1=CCC=CN1. The number of allylic oxidation sites excluding steroid dienone is 3. The largest absolute Gasteiger partial charge is 0.365 e. The lowest BCUT2D eigenvalue weighted by molar-refractivity contribution is 0.474. The molecule has 0 radical (unpaired) electrons. The Morgan fingerprint density at radius 3 is 2.40 bits per heavy atom. The standard InChI is InChI=1S/C9H15N/c1-9(2,3)8-6-4-5-7-10-8/h5-7,10H,4H2,1-3H3. The molecule has 0 amide bonds. The zero-order valence-electron chi connectivity index (χ0n) is 6.94. The van der Waals surface area contributed by atoms with E-state index in [0.29, 0.717) is 0 Å².